The molecular weight excluding hydrogens is 445 g/mol. The van der Waals surface area contributed by atoms with Gasteiger partial charge in [0.2, 0.25) is 0 Å². The molecule has 1 amide bonds. The molecule has 2 fully saturated rings. The van der Waals surface area contributed by atoms with Gasteiger partial charge in [0.05, 0.1) is 17.3 Å². The number of carbonyl (C=O) groups is 1. The van der Waals surface area contributed by atoms with Gasteiger partial charge in [-0.1, -0.05) is 0 Å². The Morgan fingerprint density at radius 1 is 1.06 bits per heavy atom. The van der Waals surface area contributed by atoms with Crippen LogP contribution in [0, 0.1) is 19.8 Å². The number of carbonyl (C=O) groups excluding carboxylic acids is 1. The fourth-order valence-electron chi connectivity index (χ4n) is 5.33. The molecule has 2 aromatic heterocycles. The molecule has 1 aliphatic carbocycles. The van der Waals surface area contributed by atoms with Crippen LogP contribution in [0.1, 0.15) is 93.8 Å². The molecule has 0 unspecified atom stereocenters. The van der Waals surface area contributed by atoms with Crippen LogP contribution >= 0.6 is 0 Å². The molecule has 2 aliphatic rings. The number of rotatable bonds is 2. The third-order valence-electron chi connectivity index (χ3n) is 7.21. The van der Waals surface area contributed by atoms with E-state index in [0.717, 1.165) is 41.1 Å². The Kier molecular flexibility index (Phi) is 6.59. The number of piperidine rings is 1. The number of aromatic nitrogens is 3. The highest BCUT2D eigenvalue weighted by Crippen LogP contribution is 2.43. The van der Waals surface area contributed by atoms with E-state index in [-0.39, 0.29) is 30.8 Å². The highest BCUT2D eigenvalue weighted by atomic mass is 19.4. The van der Waals surface area contributed by atoms with Crippen molar-refractivity contribution in [1.82, 2.24) is 19.5 Å². The molecule has 0 bridgehead atoms. The van der Waals surface area contributed by atoms with Crippen LogP contribution in [0.25, 0.3) is 5.65 Å². The minimum atomic E-state index is -4.12. The number of amides is 1. The third-order valence-corrected chi connectivity index (χ3v) is 7.21. The normalized spacial score (nSPS) is 24.5. The van der Waals surface area contributed by atoms with Crippen molar-refractivity contribution in [1.29, 1.82) is 0 Å². The molecule has 0 aromatic carbocycles. The van der Waals surface area contributed by atoms with E-state index in [1.165, 1.54) is 0 Å². The van der Waals surface area contributed by atoms with Crippen LogP contribution in [-0.4, -0.2) is 50.5 Å². The minimum Gasteiger partial charge on any atom is -0.444 e. The quantitative estimate of drug-likeness (QED) is 0.506. The summed E-state index contributed by atoms with van der Waals surface area (Å²) in [4.78, 5) is 19.2. The molecule has 188 valence electrons. The highest BCUT2D eigenvalue weighted by molar-refractivity contribution is 5.68. The van der Waals surface area contributed by atoms with E-state index >= 15 is 0 Å². The lowest BCUT2D eigenvalue weighted by Crippen LogP contribution is -2.42. The summed E-state index contributed by atoms with van der Waals surface area (Å²) in [6.07, 6.45) is -1.38. The maximum atomic E-state index is 13.1. The number of hydrogen-bond donors (Lipinski definition) is 0. The van der Waals surface area contributed by atoms with E-state index in [1.54, 1.807) is 4.90 Å². The Morgan fingerprint density at radius 2 is 1.74 bits per heavy atom. The van der Waals surface area contributed by atoms with Crippen LogP contribution in [0.5, 0.6) is 0 Å². The summed E-state index contributed by atoms with van der Waals surface area (Å²) >= 11 is 0. The van der Waals surface area contributed by atoms with E-state index in [9.17, 15) is 18.0 Å². The van der Waals surface area contributed by atoms with Gasteiger partial charge >= 0.3 is 12.3 Å². The Hall–Kier alpha value is -2.32. The molecule has 0 N–H and O–H groups in total. The predicted octanol–water partition coefficient (Wildman–Crippen LogP) is 6.30. The molecular formula is C25H35F3N4O2. The number of halogens is 3. The topological polar surface area (TPSA) is 59.7 Å². The summed E-state index contributed by atoms with van der Waals surface area (Å²) in [5.41, 5.74) is 3.97. The smallest absolute Gasteiger partial charge is 0.410 e. The van der Waals surface area contributed by atoms with Crippen molar-refractivity contribution >= 4 is 11.7 Å². The number of alkyl halides is 3. The molecule has 2 aromatic rings. The Bertz CT molecular complexity index is 1050. The van der Waals surface area contributed by atoms with Crippen LogP contribution in [0.3, 0.4) is 0 Å². The second-order valence-corrected chi connectivity index (χ2v) is 10.9. The van der Waals surface area contributed by atoms with E-state index in [2.05, 4.69) is 0 Å². The van der Waals surface area contributed by atoms with E-state index < -0.39 is 17.7 Å². The Morgan fingerprint density at radius 3 is 2.35 bits per heavy atom. The SMILES string of the molecule is Cc1nc2cc([C@H]3CC[C@H](C(F)(F)F)CC3)nn2c([C@@H]2CCCN(C(=O)OC(C)(C)C)C2)c1C. The molecule has 4 rings (SSSR count). The van der Waals surface area contributed by atoms with Crippen LogP contribution < -0.4 is 0 Å². The van der Waals surface area contributed by atoms with E-state index in [0.29, 0.717) is 25.9 Å². The van der Waals surface area contributed by atoms with Crippen molar-refractivity contribution in [3.63, 3.8) is 0 Å². The lowest BCUT2D eigenvalue weighted by Gasteiger charge is -2.35. The monoisotopic (exact) mass is 480 g/mol. The first-order valence-corrected chi connectivity index (χ1v) is 12.2. The van der Waals surface area contributed by atoms with Crippen molar-refractivity contribution in [2.75, 3.05) is 13.1 Å². The van der Waals surface area contributed by atoms with Gasteiger partial charge in [-0.05, 0) is 78.7 Å². The van der Waals surface area contributed by atoms with Crippen molar-refractivity contribution in [3.05, 3.63) is 28.7 Å². The zero-order valence-corrected chi connectivity index (χ0v) is 20.7. The zero-order valence-electron chi connectivity index (χ0n) is 20.7. The van der Waals surface area contributed by atoms with Crippen LogP contribution in [0.4, 0.5) is 18.0 Å². The van der Waals surface area contributed by atoms with Crippen LogP contribution in [0.15, 0.2) is 6.07 Å². The largest absolute Gasteiger partial charge is 0.444 e. The number of aryl methyl sites for hydroxylation is 1. The van der Waals surface area contributed by atoms with Crippen molar-refractivity contribution in [2.45, 2.75) is 96.8 Å². The molecule has 3 heterocycles. The predicted molar refractivity (Wildman–Crippen MR) is 123 cm³/mol. The first kappa shape index (κ1) is 24.8. The van der Waals surface area contributed by atoms with Gasteiger partial charge in [0.25, 0.3) is 0 Å². The molecule has 34 heavy (non-hydrogen) atoms. The summed E-state index contributed by atoms with van der Waals surface area (Å²) in [5.74, 6) is -1.11. The minimum absolute atomic E-state index is 0.0124. The van der Waals surface area contributed by atoms with Crippen LogP contribution in [0.2, 0.25) is 0 Å². The van der Waals surface area contributed by atoms with Gasteiger partial charge < -0.3 is 9.64 Å². The van der Waals surface area contributed by atoms with Gasteiger partial charge in [-0.2, -0.15) is 18.3 Å². The van der Waals surface area contributed by atoms with E-state index in [1.807, 2.05) is 45.2 Å². The van der Waals surface area contributed by atoms with Gasteiger partial charge in [0.15, 0.2) is 5.65 Å². The zero-order chi connectivity index (χ0) is 24.8. The molecule has 1 saturated carbocycles. The average Bonchev–Trinajstić information content (AvgIpc) is 3.16. The Labute approximate surface area is 198 Å². The first-order valence-electron chi connectivity index (χ1n) is 12.2. The third kappa shape index (κ3) is 5.18. The summed E-state index contributed by atoms with van der Waals surface area (Å²) in [7, 11) is 0. The van der Waals surface area contributed by atoms with Gasteiger partial charge in [0.1, 0.15) is 5.60 Å². The number of likely N-dealkylation sites (tertiary alicyclic amines) is 1. The van der Waals surface area contributed by atoms with Gasteiger partial charge in [-0.3, -0.25) is 0 Å². The molecule has 0 radical (unpaired) electrons. The van der Waals surface area contributed by atoms with Gasteiger partial charge in [-0.15, -0.1) is 0 Å². The molecule has 9 heteroatoms. The Balaban J connectivity index is 1.60. The van der Waals surface area contributed by atoms with Crippen molar-refractivity contribution < 1.29 is 22.7 Å². The first-order chi connectivity index (χ1) is 15.8. The molecule has 0 spiro atoms. The van der Waals surface area contributed by atoms with Crippen LogP contribution in [-0.2, 0) is 4.74 Å². The maximum Gasteiger partial charge on any atom is 0.410 e. The second kappa shape index (κ2) is 9.04. The highest BCUT2D eigenvalue weighted by Gasteiger charge is 2.42. The molecule has 1 aliphatic heterocycles. The maximum absolute atomic E-state index is 13.1. The fraction of sp³-hybridized carbons (Fsp3) is 0.720. The second-order valence-electron chi connectivity index (χ2n) is 10.9. The van der Waals surface area contributed by atoms with Crippen molar-refractivity contribution in [2.24, 2.45) is 5.92 Å². The summed E-state index contributed by atoms with van der Waals surface area (Å²) in [5, 5.41) is 4.87. The lowest BCUT2D eigenvalue weighted by molar-refractivity contribution is -0.182. The summed E-state index contributed by atoms with van der Waals surface area (Å²) < 4.78 is 46.8. The summed E-state index contributed by atoms with van der Waals surface area (Å²) in [6.45, 7) is 10.8. The van der Waals surface area contributed by atoms with E-state index in [4.69, 9.17) is 14.8 Å². The van der Waals surface area contributed by atoms with Gasteiger partial charge in [0, 0.05) is 36.7 Å². The summed E-state index contributed by atoms with van der Waals surface area (Å²) in [6, 6.07) is 1.93. The molecule has 6 nitrogen and oxygen atoms in total. The molecule has 1 atom stereocenters. The fourth-order valence-corrected chi connectivity index (χ4v) is 5.33. The number of nitrogens with zero attached hydrogens (tertiary/aromatic N) is 4. The number of fused-ring (bicyclic) bond motifs is 1. The van der Waals surface area contributed by atoms with Crippen molar-refractivity contribution in [3.8, 4) is 0 Å². The lowest BCUT2D eigenvalue weighted by atomic mass is 9.80. The number of hydrogen-bond acceptors (Lipinski definition) is 4. The standard InChI is InChI=1S/C25H35F3N4O2/c1-15-16(2)29-21-13-20(17-8-10-19(11-9-17)25(26,27)28)30-32(21)22(15)18-7-6-12-31(14-18)23(33)34-24(3,4)5/h13,17-19H,6-12,14H2,1-5H3/t17-,18-,19-/m1/s1. The number of ether oxygens (including phenoxy) is 1. The van der Waals surface area contributed by atoms with Gasteiger partial charge in [-0.25, -0.2) is 14.3 Å². The average molecular weight is 481 g/mol. The molecule has 1 saturated heterocycles.